The molecule has 1 aromatic heterocycles. The van der Waals surface area contributed by atoms with Crippen molar-refractivity contribution in [3.63, 3.8) is 0 Å². The van der Waals surface area contributed by atoms with Gasteiger partial charge in [-0.3, -0.25) is 4.79 Å². The highest BCUT2D eigenvalue weighted by atomic mass is 19.2. The van der Waals surface area contributed by atoms with Crippen molar-refractivity contribution in [2.45, 2.75) is 6.92 Å². The Kier molecular flexibility index (Phi) is 3.93. The van der Waals surface area contributed by atoms with Crippen LogP contribution in [0.25, 0.3) is 0 Å². The monoisotopic (exact) mass is 292 g/mol. The maximum atomic E-state index is 13.4. The molecule has 0 radical (unpaired) electrons. The lowest BCUT2D eigenvalue weighted by molar-refractivity contribution is 0.0696. The van der Waals surface area contributed by atoms with Gasteiger partial charge in [0.2, 0.25) is 5.95 Å². The Morgan fingerprint density at radius 1 is 1.24 bits per heavy atom. The molecule has 0 aliphatic rings. The zero-order valence-electron chi connectivity index (χ0n) is 10.9. The molecule has 0 aliphatic carbocycles. The van der Waals surface area contributed by atoms with Crippen molar-refractivity contribution in [1.29, 1.82) is 0 Å². The van der Waals surface area contributed by atoms with Gasteiger partial charge in [-0.05, 0) is 36.8 Å². The molecular formula is C14H10F2N2O3. The number of rotatable bonds is 3. The first kappa shape index (κ1) is 14.6. The minimum atomic E-state index is -1.36. The van der Waals surface area contributed by atoms with E-state index in [1.165, 1.54) is 18.2 Å². The van der Waals surface area contributed by atoms with E-state index in [1.807, 2.05) is 0 Å². The van der Waals surface area contributed by atoms with Crippen LogP contribution in [0.15, 0.2) is 30.5 Å². The summed E-state index contributed by atoms with van der Waals surface area (Å²) in [4.78, 5) is 25.8. The number of pyridine rings is 1. The van der Waals surface area contributed by atoms with Gasteiger partial charge in [0.1, 0.15) is 0 Å². The summed E-state index contributed by atoms with van der Waals surface area (Å²) in [5, 5.41) is 11.2. The fourth-order valence-corrected chi connectivity index (χ4v) is 1.72. The van der Waals surface area contributed by atoms with Crippen molar-refractivity contribution < 1.29 is 23.5 Å². The zero-order chi connectivity index (χ0) is 15.6. The van der Waals surface area contributed by atoms with Crippen molar-refractivity contribution in [3.8, 4) is 0 Å². The number of hydrogen-bond donors (Lipinski definition) is 2. The second-order valence-electron chi connectivity index (χ2n) is 4.25. The lowest BCUT2D eigenvalue weighted by Crippen LogP contribution is -2.16. The quantitative estimate of drug-likeness (QED) is 0.852. The van der Waals surface area contributed by atoms with Gasteiger partial charge in [-0.15, -0.1) is 0 Å². The zero-order valence-corrected chi connectivity index (χ0v) is 10.9. The van der Waals surface area contributed by atoms with Crippen LogP contribution >= 0.6 is 0 Å². The number of nitrogens with one attached hydrogen (secondary N) is 1. The summed E-state index contributed by atoms with van der Waals surface area (Å²) in [5.74, 6) is -4.64. The van der Waals surface area contributed by atoms with Gasteiger partial charge < -0.3 is 10.4 Å². The number of benzene rings is 1. The number of aromatic nitrogens is 1. The molecule has 0 atom stereocenters. The third-order valence-corrected chi connectivity index (χ3v) is 2.81. The van der Waals surface area contributed by atoms with Gasteiger partial charge in [0.05, 0.1) is 11.1 Å². The molecule has 1 heterocycles. The Hall–Kier alpha value is -2.83. The van der Waals surface area contributed by atoms with E-state index in [4.69, 9.17) is 5.11 Å². The minimum absolute atomic E-state index is 0.0617. The topological polar surface area (TPSA) is 79.3 Å². The van der Waals surface area contributed by atoms with E-state index in [0.717, 1.165) is 12.3 Å². The normalized spacial score (nSPS) is 10.2. The number of amides is 1. The molecule has 2 N–H and O–H groups in total. The fourth-order valence-electron chi connectivity index (χ4n) is 1.72. The van der Waals surface area contributed by atoms with Crippen LogP contribution in [0.4, 0.5) is 14.5 Å². The summed E-state index contributed by atoms with van der Waals surface area (Å²) in [5.41, 5.74) is 0.371. The first-order valence-electron chi connectivity index (χ1n) is 5.85. The van der Waals surface area contributed by atoms with Crippen LogP contribution in [0.5, 0.6) is 0 Å². The van der Waals surface area contributed by atoms with Crippen molar-refractivity contribution in [2.24, 2.45) is 0 Å². The molecule has 0 saturated heterocycles. The smallest absolute Gasteiger partial charge is 0.335 e. The highest BCUT2D eigenvalue weighted by molar-refractivity contribution is 6.05. The molecule has 0 unspecified atom stereocenters. The van der Waals surface area contributed by atoms with E-state index in [1.54, 1.807) is 6.92 Å². The minimum Gasteiger partial charge on any atom is -0.478 e. The molecule has 2 rings (SSSR count). The lowest BCUT2D eigenvalue weighted by atomic mass is 10.1. The van der Waals surface area contributed by atoms with Gasteiger partial charge in [-0.2, -0.15) is 4.39 Å². The Morgan fingerprint density at radius 2 is 1.95 bits per heavy atom. The van der Waals surface area contributed by atoms with Crippen LogP contribution in [0, 0.1) is 18.7 Å². The Morgan fingerprint density at radius 3 is 2.57 bits per heavy atom. The van der Waals surface area contributed by atoms with Gasteiger partial charge >= 0.3 is 5.97 Å². The van der Waals surface area contributed by atoms with E-state index in [2.05, 4.69) is 10.3 Å². The predicted octanol–water partition coefficient (Wildman–Crippen LogP) is 2.62. The summed E-state index contributed by atoms with van der Waals surface area (Å²) in [7, 11) is 0. The maximum Gasteiger partial charge on any atom is 0.335 e. The van der Waals surface area contributed by atoms with E-state index in [0.29, 0.717) is 11.3 Å². The van der Waals surface area contributed by atoms with Crippen LogP contribution in [-0.2, 0) is 0 Å². The number of anilines is 1. The summed E-state index contributed by atoms with van der Waals surface area (Å²) in [6, 6.07) is 5.09. The molecule has 7 heteroatoms. The first-order valence-corrected chi connectivity index (χ1v) is 5.85. The molecule has 0 spiro atoms. The molecule has 2 aromatic rings. The molecule has 108 valence electrons. The molecule has 0 saturated carbocycles. The number of carbonyl (C=O) groups excluding carboxylic acids is 1. The van der Waals surface area contributed by atoms with Gasteiger partial charge in [-0.25, -0.2) is 14.2 Å². The highest BCUT2D eigenvalue weighted by Gasteiger charge is 2.17. The first-order chi connectivity index (χ1) is 9.90. The SMILES string of the molecule is Cc1cc(C(=O)O)ccc1NC(=O)c1ccnc(F)c1F. The number of hydrogen-bond acceptors (Lipinski definition) is 3. The highest BCUT2D eigenvalue weighted by Crippen LogP contribution is 2.18. The molecule has 5 nitrogen and oxygen atoms in total. The van der Waals surface area contributed by atoms with Crippen LogP contribution in [0.1, 0.15) is 26.3 Å². The standard InChI is InChI=1S/C14H10F2N2O3/c1-7-6-8(14(20)21)2-3-10(7)18-13(19)9-4-5-17-12(16)11(9)15/h2-6H,1H3,(H,18,19)(H,20,21). The number of nitrogens with zero attached hydrogens (tertiary/aromatic N) is 1. The Balaban J connectivity index is 2.28. The van der Waals surface area contributed by atoms with Crippen molar-refractivity contribution in [3.05, 3.63) is 58.9 Å². The van der Waals surface area contributed by atoms with E-state index < -0.39 is 29.2 Å². The second kappa shape index (κ2) is 5.66. The van der Waals surface area contributed by atoms with Crippen LogP contribution < -0.4 is 5.32 Å². The van der Waals surface area contributed by atoms with Crippen LogP contribution in [0.2, 0.25) is 0 Å². The predicted molar refractivity (Wildman–Crippen MR) is 70.2 cm³/mol. The van der Waals surface area contributed by atoms with Gasteiger partial charge in [-0.1, -0.05) is 0 Å². The number of carboxylic acid groups (broad SMARTS) is 1. The lowest BCUT2D eigenvalue weighted by Gasteiger charge is -2.09. The summed E-state index contributed by atoms with van der Waals surface area (Å²) in [6.45, 7) is 1.59. The number of halogens is 2. The average Bonchev–Trinajstić information content (AvgIpc) is 2.43. The number of carboxylic acids is 1. The summed E-state index contributed by atoms with van der Waals surface area (Å²) >= 11 is 0. The third kappa shape index (κ3) is 3.02. The summed E-state index contributed by atoms with van der Waals surface area (Å²) in [6.07, 6.45) is 0.980. The molecular weight excluding hydrogens is 282 g/mol. The van der Waals surface area contributed by atoms with Crippen molar-refractivity contribution >= 4 is 17.6 Å². The van der Waals surface area contributed by atoms with Crippen LogP contribution in [0.3, 0.4) is 0 Å². The number of aryl methyl sites for hydroxylation is 1. The average molecular weight is 292 g/mol. The molecule has 21 heavy (non-hydrogen) atoms. The van der Waals surface area contributed by atoms with Crippen LogP contribution in [-0.4, -0.2) is 22.0 Å². The molecule has 0 aliphatic heterocycles. The van der Waals surface area contributed by atoms with Gasteiger partial charge in [0, 0.05) is 11.9 Å². The van der Waals surface area contributed by atoms with Gasteiger partial charge in [0.15, 0.2) is 5.82 Å². The number of aromatic carboxylic acids is 1. The maximum absolute atomic E-state index is 13.4. The molecule has 0 bridgehead atoms. The molecule has 1 amide bonds. The molecule has 1 aromatic carbocycles. The van der Waals surface area contributed by atoms with Crippen molar-refractivity contribution in [1.82, 2.24) is 4.98 Å². The third-order valence-electron chi connectivity index (χ3n) is 2.81. The summed E-state index contributed by atoms with van der Waals surface area (Å²) < 4.78 is 26.4. The largest absolute Gasteiger partial charge is 0.478 e. The Labute approximate surface area is 118 Å². The second-order valence-corrected chi connectivity index (χ2v) is 4.25. The van der Waals surface area contributed by atoms with Crippen molar-refractivity contribution in [2.75, 3.05) is 5.32 Å². The van der Waals surface area contributed by atoms with E-state index in [-0.39, 0.29) is 5.56 Å². The van der Waals surface area contributed by atoms with Gasteiger partial charge in [0.25, 0.3) is 5.91 Å². The number of carbonyl (C=O) groups is 2. The van der Waals surface area contributed by atoms with E-state index in [9.17, 15) is 18.4 Å². The molecule has 0 fully saturated rings. The van der Waals surface area contributed by atoms with E-state index >= 15 is 0 Å². The fraction of sp³-hybridized carbons (Fsp3) is 0.0714. The Bertz CT molecular complexity index is 732.